The van der Waals surface area contributed by atoms with E-state index >= 15 is 0 Å². The molecule has 5 heteroatoms. The molecule has 0 bridgehead atoms. The minimum absolute atomic E-state index is 0.105. The van der Waals surface area contributed by atoms with Crippen molar-refractivity contribution >= 4 is 5.91 Å². The molecule has 0 aromatic rings. The first kappa shape index (κ1) is 8.93. The fraction of sp³-hybridized carbons (Fsp3) is 0.875. The molecule has 2 N–H and O–H groups in total. The Bertz CT molecular complexity index is 204. The van der Waals surface area contributed by atoms with Gasteiger partial charge in [-0.1, -0.05) is 0 Å². The predicted molar refractivity (Wildman–Crippen MR) is 44.6 cm³/mol. The van der Waals surface area contributed by atoms with Gasteiger partial charge in [0.05, 0.1) is 19.8 Å². The number of hydroxylamine groups is 2. The van der Waals surface area contributed by atoms with E-state index in [0.717, 1.165) is 19.6 Å². The quantitative estimate of drug-likeness (QED) is 0.608. The zero-order valence-electron chi connectivity index (χ0n) is 7.44. The summed E-state index contributed by atoms with van der Waals surface area (Å²) in [6, 6.07) is -0.470. The SMILES string of the molecule is NC1CON(CC2CCOC2)C1=O. The van der Waals surface area contributed by atoms with Crippen molar-refractivity contribution in [1.82, 2.24) is 5.06 Å². The van der Waals surface area contributed by atoms with Crippen LogP contribution >= 0.6 is 0 Å². The van der Waals surface area contributed by atoms with Crippen LogP contribution < -0.4 is 5.73 Å². The second kappa shape index (κ2) is 3.61. The number of nitrogens with two attached hydrogens (primary N) is 1. The summed E-state index contributed by atoms with van der Waals surface area (Å²) in [6.45, 7) is 2.44. The van der Waals surface area contributed by atoms with E-state index in [-0.39, 0.29) is 5.91 Å². The van der Waals surface area contributed by atoms with Crippen molar-refractivity contribution < 1.29 is 14.4 Å². The minimum atomic E-state index is -0.470. The van der Waals surface area contributed by atoms with Gasteiger partial charge in [-0.2, -0.15) is 0 Å². The second-order valence-corrected chi connectivity index (χ2v) is 3.53. The molecule has 0 aromatic heterocycles. The van der Waals surface area contributed by atoms with Gasteiger partial charge in [-0.3, -0.25) is 9.63 Å². The van der Waals surface area contributed by atoms with Gasteiger partial charge in [0.1, 0.15) is 6.04 Å². The Kier molecular flexibility index (Phi) is 2.48. The number of hydrogen-bond acceptors (Lipinski definition) is 4. The number of carbonyl (C=O) groups excluding carboxylic acids is 1. The standard InChI is InChI=1S/C8H14N2O3/c9-7-5-13-10(8(7)11)3-6-1-2-12-4-6/h6-7H,1-5,9H2. The van der Waals surface area contributed by atoms with Crippen LogP contribution in [0.15, 0.2) is 0 Å². The Hall–Kier alpha value is -0.650. The first-order chi connectivity index (χ1) is 6.27. The summed E-state index contributed by atoms with van der Waals surface area (Å²) >= 11 is 0. The lowest BCUT2D eigenvalue weighted by Gasteiger charge is -2.17. The average Bonchev–Trinajstić information content (AvgIpc) is 2.71. The maximum absolute atomic E-state index is 11.3. The first-order valence-corrected chi connectivity index (χ1v) is 4.55. The maximum Gasteiger partial charge on any atom is 0.265 e. The van der Waals surface area contributed by atoms with Crippen LogP contribution in [0.5, 0.6) is 0 Å². The summed E-state index contributed by atoms with van der Waals surface area (Å²) in [4.78, 5) is 16.5. The first-order valence-electron chi connectivity index (χ1n) is 4.55. The predicted octanol–water partition coefficient (Wildman–Crippen LogP) is -0.876. The number of carbonyl (C=O) groups is 1. The van der Waals surface area contributed by atoms with Crippen molar-refractivity contribution in [1.29, 1.82) is 0 Å². The van der Waals surface area contributed by atoms with E-state index in [1.807, 2.05) is 0 Å². The summed E-state index contributed by atoms with van der Waals surface area (Å²) in [5, 5.41) is 1.38. The molecule has 2 aliphatic heterocycles. The zero-order chi connectivity index (χ0) is 9.26. The number of rotatable bonds is 2. The molecule has 0 spiro atoms. The lowest BCUT2D eigenvalue weighted by atomic mass is 10.1. The van der Waals surface area contributed by atoms with E-state index < -0.39 is 6.04 Å². The van der Waals surface area contributed by atoms with Crippen LogP contribution in [0.25, 0.3) is 0 Å². The molecule has 0 aliphatic carbocycles. The van der Waals surface area contributed by atoms with Crippen LogP contribution in [-0.4, -0.2) is 43.4 Å². The van der Waals surface area contributed by atoms with E-state index in [1.54, 1.807) is 0 Å². The highest BCUT2D eigenvalue weighted by molar-refractivity contribution is 5.82. The molecule has 2 atom stereocenters. The third-order valence-electron chi connectivity index (χ3n) is 2.42. The van der Waals surface area contributed by atoms with Crippen molar-refractivity contribution in [2.45, 2.75) is 12.5 Å². The molecule has 2 unspecified atom stereocenters. The van der Waals surface area contributed by atoms with E-state index in [2.05, 4.69) is 0 Å². The maximum atomic E-state index is 11.3. The van der Waals surface area contributed by atoms with Gasteiger partial charge in [0.15, 0.2) is 0 Å². The molecular weight excluding hydrogens is 172 g/mol. The summed E-state index contributed by atoms with van der Waals surface area (Å²) in [5.41, 5.74) is 5.50. The lowest BCUT2D eigenvalue weighted by Crippen LogP contribution is -2.37. The fourth-order valence-corrected chi connectivity index (χ4v) is 1.59. The Balaban J connectivity index is 1.84. The molecule has 5 nitrogen and oxygen atoms in total. The average molecular weight is 186 g/mol. The normalized spacial score (nSPS) is 34.5. The summed E-state index contributed by atoms with van der Waals surface area (Å²) in [7, 11) is 0. The van der Waals surface area contributed by atoms with Gasteiger partial charge in [0.2, 0.25) is 0 Å². The molecule has 13 heavy (non-hydrogen) atoms. The van der Waals surface area contributed by atoms with Gasteiger partial charge >= 0.3 is 0 Å². The van der Waals surface area contributed by atoms with Gasteiger partial charge in [0, 0.05) is 12.5 Å². The van der Waals surface area contributed by atoms with Crippen LogP contribution in [0, 0.1) is 5.92 Å². The molecule has 0 aromatic carbocycles. The monoisotopic (exact) mass is 186 g/mol. The molecule has 74 valence electrons. The molecule has 2 aliphatic rings. The highest BCUT2D eigenvalue weighted by Crippen LogP contribution is 2.16. The number of nitrogens with zero attached hydrogens (tertiary/aromatic N) is 1. The number of ether oxygens (including phenoxy) is 1. The highest BCUT2D eigenvalue weighted by Gasteiger charge is 2.32. The zero-order valence-corrected chi connectivity index (χ0v) is 7.44. The second-order valence-electron chi connectivity index (χ2n) is 3.53. The molecule has 2 saturated heterocycles. The topological polar surface area (TPSA) is 64.8 Å². The van der Waals surface area contributed by atoms with Crippen LogP contribution in [-0.2, 0) is 14.4 Å². The highest BCUT2D eigenvalue weighted by atomic mass is 16.7. The van der Waals surface area contributed by atoms with Gasteiger partial charge in [-0.05, 0) is 6.42 Å². The van der Waals surface area contributed by atoms with Crippen LogP contribution in [0.4, 0.5) is 0 Å². The molecule has 1 amide bonds. The Labute approximate surface area is 76.7 Å². The largest absolute Gasteiger partial charge is 0.381 e. The van der Waals surface area contributed by atoms with Crippen LogP contribution in [0.2, 0.25) is 0 Å². The Morgan fingerprint density at radius 1 is 1.54 bits per heavy atom. The summed E-state index contributed by atoms with van der Waals surface area (Å²) < 4.78 is 5.20. The van der Waals surface area contributed by atoms with E-state index in [0.29, 0.717) is 19.1 Å². The number of hydrogen-bond donors (Lipinski definition) is 1. The third kappa shape index (κ3) is 1.82. The van der Waals surface area contributed by atoms with Crippen molar-refractivity contribution in [2.75, 3.05) is 26.4 Å². The molecular formula is C8H14N2O3. The lowest BCUT2D eigenvalue weighted by molar-refractivity contribution is -0.164. The van der Waals surface area contributed by atoms with Gasteiger partial charge in [-0.25, -0.2) is 5.06 Å². The molecule has 0 radical (unpaired) electrons. The van der Waals surface area contributed by atoms with Gasteiger partial charge < -0.3 is 10.5 Å². The van der Waals surface area contributed by atoms with Crippen LogP contribution in [0.3, 0.4) is 0 Å². The van der Waals surface area contributed by atoms with Gasteiger partial charge in [0.25, 0.3) is 5.91 Å². The van der Waals surface area contributed by atoms with Crippen molar-refractivity contribution in [3.63, 3.8) is 0 Å². The number of amides is 1. The van der Waals surface area contributed by atoms with E-state index in [1.165, 1.54) is 5.06 Å². The fourth-order valence-electron chi connectivity index (χ4n) is 1.59. The van der Waals surface area contributed by atoms with E-state index in [9.17, 15) is 4.79 Å². The third-order valence-corrected chi connectivity index (χ3v) is 2.42. The Morgan fingerprint density at radius 2 is 2.38 bits per heavy atom. The minimum Gasteiger partial charge on any atom is -0.381 e. The molecule has 2 heterocycles. The van der Waals surface area contributed by atoms with Crippen molar-refractivity contribution in [3.8, 4) is 0 Å². The molecule has 2 rings (SSSR count). The van der Waals surface area contributed by atoms with Gasteiger partial charge in [-0.15, -0.1) is 0 Å². The van der Waals surface area contributed by atoms with Crippen molar-refractivity contribution in [3.05, 3.63) is 0 Å². The molecule has 0 saturated carbocycles. The summed E-state index contributed by atoms with van der Waals surface area (Å²) in [6.07, 6.45) is 1.00. The smallest absolute Gasteiger partial charge is 0.265 e. The van der Waals surface area contributed by atoms with E-state index in [4.69, 9.17) is 15.3 Å². The van der Waals surface area contributed by atoms with Crippen LogP contribution in [0.1, 0.15) is 6.42 Å². The Morgan fingerprint density at radius 3 is 2.92 bits per heavy atom. The van der Waals surface area contributed by atoms with Crippen molar-refractivity contribution in [2.24, 2.45) is 11.7 Å². The summed E-state index contributed by atoms with van der Waals surface area (Å²) in [5.74, 6) is 0.307. The molecule has 2 fully saturated rings.